The number of benzene rings is 2. The van der Waals surface area contributed by atoms with Gasteiger partial charge in [0, 0.05) is 43.5 Å². The minimum absolute atomic E-state index is 0.307. The first-order valence-corrected chi connectivity index (χ1v) is 9.75. The van der Waals surface area contributed by atoms with E-state index in [0.29, 0.717) is 6.04 Å². The highest BCUT2D eigenvalue weighted by molar-refractivity contribution is 5.78. The number of piperazine rings is 1. The van der Waals surface area contributed by atoms with E-state index in [9.17, 15) is 4.79 Å². The van der Waals surface area contributed by atoms with Crippen LogP contribution in [0.15, 0.2) is 30.3 Å². The van der Waals surface area contributed by atoms with E-state index in [-0.39, 0.29) is 0 Å². The number of rotatable bonds is 6. The lowest BCUT2D eigenvalue weighted by atomic mass is 10.0. The summed E-state index contributed by atoms with van der Waals surface area (Å²) in [6.07, 6.45) is 0.923. The fraction of sp³-hybridized carbons (Fsp3) is 0.435. The topological polar surface area (TPSA) is 42.0 Å². The molecule has 0 aliphatic carbocycles. The van der Waals surface area contributed by atoms with Crippen molar-refractivity contribution < 1.29 is 14.3 Å². The molecule has 1 aliphatic heterocycles. The van der Waals surface area contributed by atoms with Gasteiger partial charge in [-0.15, -0.1) is 0 Å². The quantitative estimate of drug-likeness (QED) is 0.706. The lowest BCUT2D eigenvalue weighted by Gasteiger charge is -2.40. The summed E-state index contributed by atoms with van der Waals surface area (Å²) in [6, 6.07) is 10.4. The molecule has 150 valence electrons. The Labute approximate surface area is 167 Å². The number of hydrogen-bond donors (Lipinski definition) is 0. The molecule has 1 saturated heterocycles. The van der Waals surface area contributed by atoms with Gasteiger partial charge in [0.25, 0.3) is 0 Å². The molecule has 1 fully saturated rings. The van der Waals surface area contributed by atoms with E-state index in [0.717, 1.165) is 49.5 Å². The number of ether oxygens (including phenoxy) is 2. The zero-order chi connectivity index (χ0) is 20.3. The summed E-state index contributed by atoms with van der Waals surface area (Å²) in [5, 5.41) is 0. The van der Waals surface area contributed by atoms with Crippen molar-refractivity contribution in [3.05, 3.63) is 52.6 Å². The summed E-state index contributed by atoms with van der Waals surface area (Å²) in [7, 11) is 3.33. The number of carbonyl (C=O) groups is 1. The Kier molecular flexibility index (Phi) is 6.25. The molecular formula is C23H30N2O3. The van der Waals surface area contributed by atoms with Gasteiger partial charge < -0.3 is 14.4 Å². The van der Waals surface area contributed by atoms with Gasteiger partial charge in [-0.25, -0.2) is 0 Å². The highest BCUT2D eigenvalue weighted by atomic mass is 16.5. The first-order valence-electron chi connectivity index (χ1n) is 9.75. The van der Waals surface area contributed by atoms with Crippen molar-refractivity contribution in [3.8, 4) is 11.5 Å². The van der Waals surface area contributed by atoms with Crippen LogP contribution in [-0.2, 0) is 0 Å². The zero-order valence-corrected chi connectivity index (χ0v) is 17.5. The largest absolute Gasteiger partial charge is 0.493 e. The first kappa shape index (κ1) is 20.2. The third-order valence-electron chi connectivity index (χ3n) is 5.72. The molecule has 1 aliphatic rings. The smallest absolute Gasteiger partial charge is 0.161 e. The van der Waals surface area contributed by atoms with Crippen molar-refractivity contribution in [2.24, 2.45) is 0 Å². The summed E-state index contributed by atoms with van der Waals surface area (Å²) < 4.78 is 10.8. The first-order chi connectivity index (χ1) is 13.5. The predicted octanol–water partition coefficient (Wildman–Crippen LogP) is 4.02. The molecule has 5 nitrogen and oxygen atoms in total. The number of hydrogen-bond acceptors (Lipinski definition) is 5. The second kappa shape index (κ2) is 8.65. The molecule has 3 rings (SSSR count). The molecule has 5 heteroatoms. The summed E-state index contributed by atoms with van der Waals surface area (Å²) in [5.74, 6) is 1.53. The Morgan fingerprint density at radius 3 is 2.07 bits per heavy atom. The third kappa shape index (κ3) is 3.99. The molecule has 1 heterocycles. The number of aryl methyl sites for hydroxylation is 2. The Morgan fingerprint density at radius 2 is 1.54 bits per heavy atom. The van der Waals surface area contributed by atoms with E-state index in [1.807, 2.05) is 18.2 Å². The highest BCUT2D eigenvalue weighted by Gasteiger charge is 2.24. The van der Waals surface area contributed by atoms with E-state index in [4.69, 9.17) is 9.47 Å². The standard InChI is InChI=1S/C23H30N2O3/c1-16-12-19(15-26)13-17(2)23(16)25-10-8-24(9-11-25)18(3)20-6-7-21(27-4)22(14-20)28-5/h6-7,12-15,18H,8-11H2,1-5H3/t18-/m0/s1. The average Bonchev–Trinajstić information content (AvgIpc) is 2.72. The molecular weight excluding hydrogens is 352 g/mol. The fourth-order valence-electron chi connectivity index (χ4n) is 4.21. The Bertz CT molecular complexity index is 819. The molecule has 28 heavy (non-hydrogen) atoms. The molecule has 2 aromatic carbocycles. The normalized spacial score (nSPS) is 16.0. The van der Waals surface area contributed by atoms with Crippen LogP contribution in [-0.4, -0.2) is 51.6 Å². The van der Waals surface area contributed by atoms with Crippen LogP contribution in [0.4, 0.5) is 5.69 Å². The molecule has 0 unspecified atom stereocenters. The van der Waals surface area contributed by atoms with Gasteiger partial charge in [0.15, 0.2) is 11.5 Å². The van der Waals surface area contributed by atoms with Gasteiger partial charge >= 0.3 is 0 Å². The number of methoxy groups -OCH3 is 2. The van der Waals surface area contributed by atoms with Gasteiger partial charge in [-0.3, -0.25) is 9.69 Å². The van der Waals surface area contributed by atoms with E-state index < -0.39 is 0 Å². The molecule has 0 radical (unpaired) electrons. The van der Waals surface area contributed by atoms with Crippen LogP contribution in [0, 0.1) is 13.8 Å². The Balaban J connectivity index is 1.71. The van der Waals surface area contributed by atoms with Crippen LogP contribution < -0.4 is 14.4 Å². The van der Waals surface area contributed by atoms with Crippen LogP contribution in [0.5, 0.6) is 11.5 Å². The zero-order valence-electron chi connectivity index (χ0n) is 17.5. The Morgan fingerprint density at radius 1 is 0.929 bits per heavy atom. The van der Waals surface area contributed by atoms with Crippen LogP contribution in [0.25, 0.3) is 0 Å². The number of anilines is 1. The van der Waals surface area contributed by atoms with Crippen molar-refractivity contribution >= 4 is 12.0 Å². The number of nitrogens with zero attached hydrogens (tertiary/aromatic N) is 2. The molecule has 0 bridgehead atoms. The van der Waals surface area contributed by atoms with E-state index in [2.05, 4.69) is 42.7 Å². The lowest BCUT2D eigenvalue weighted by molar-refractivity contribution is 0.112. The van der Waals surface area contributed by atoms with Crippen molar-refractivity contribution in [3.63, 3.8) is 0 Å². The van der Waals surface area contributed by atoms with Gasteiger partial charge in [-0.2, -0.15) is 0 Å². The van der Waals surface area contributed by atoms with E-state index in [1.54, 1.807) is 14.2 Å². The summed E-state index contributed by atoms with van der Waals surface area (Å²) in [4.78, 5) is 16.0. The lowest BCUT2D eigenvalue weighted by Crippen LogP contribution is -2.47. The minimum Gasteiger partial charge on any atom is -0.493 e. The van der Waals surface area contributed by atoms with Crippen molar-refractivity contribution in [1.82, 2.24) is 4.90 Å². The van der Waals surface area contributed by atoms with Gasteiger partial charge in [-0.1, -0.05) is 6.07 Å². The maximum atomic E-state index is 11.1. The van der Waals surface area contributed by atoms with E-state index >= 15 is 0 Å². The average molecular weight is 383 g/mol. The second-order valence-corrected chi connectivity index (χ2v) is 7.43. The van der Waals surface area contributed by atoms with Crippen molar-refractivity contribution in [2.75, 3.05) is 45.3 Å². The second-order valence-electron chi connectivity index (χ2n) is 7.43. The van der Waals surface area contributed by atoms with E-state index in [1.165, 1.54) is 22.4 Å². The fourth-order valence-corrected chi connectivity index (χ4v) is 4.21. The van der Waals surface area contributed by atoms with Crippen LogP contribution in [0.1, 0.15) is 40.0 Å². The van der Waals surface area contributed by atoms with Gasteiger partial charge in [0.2, 0.25) is 0 Å². The molecule has 0 amide bonds. The molecule has 0 aromatic heterocycles. The summed E-state index contributed by atoms with van der Waals surface area (Å²) >= 11 is 0. The monoisotopic (exact) mass is 382 g/mol. The van der Waals surface area contributed by atoms with Crippen LogP contribution in [0.3, 0.4) is 0 Å². The third-order valence-corrected chi connectivity index (χ3v) is 5.72. The SMILES string of the molecule is COc1ccc([C@H](C)N2CCN(c3c(C)cc(C=O)cc3C)CC2)cc1OC. The number of carbonyl (C=O) groups excluding carboxylic acids is 1. The maximum Gasteiger partial charge on any atom is 0.161 e. The summed E-state index contributed by atoms with van der Waals surface area (Å²) in [6.45, 7) is 10.3. The highest BCUT2D eigenvalue weighted by Crippen LogP contribution is 2.33. The molecule has 0 saturated carbocycles. The van der Waals surface area contributed by atoms with Gasteiger partial charge in [-0.05, 0) is 61.7 Å². The molecule has 2 aromatic rings. The van der Waals surface area contributed by atoms with Gasteiger partial charge in [0.1, 0.15) is 6.29 Å². The summed E-state index contributed by atoms with van der Waals surface area (Å²) in [5.41, 5.74) is 5.59. The Hall–Kier alpha value is -2.53. The maximum absolute atomic E-state index is 11.1. The van der Waals surface area contributed by atoms with Crippen molar-refractivity contribution in [1.29, 1.82) is 0 Å². The molecule has 0 N–H and O–H groups in total. The van der Waals surface area contributed by atoms with Crippen LogP contribution in [0.2, 0.25) is 0 Å². The molecule has 0 spiro atoms. The van der Waals surface area contributed by atoms with Gasteiger partial charge in [0.05, 0.1) is 14.2 Å². The van der Waals surface area contributed by atoms with Crippen LogP contribution >= 0.6 is 0 Å². The minimum atomic E-state index is 0.307. The predicted molar refractivity (Wildman–Crippen MR) is 113 cm³/mol. The van der Waals surface area contributed by atoms with Crippen molar-refractivity contribution in [2.45, 2.75) is 26.8 Å². The number of aldehydes is 1. The molecule has 1 atom stereocenters.